The number of fused-ring (bicyclic) bond motifs is 1. The number of thioether (sulfide) groups is 1. The monoisotopic (exact) mass is 591 g/mol. The van der Waals surface area contributed by atoms with Gasteiger partial charge in [0, 0.05) is 16.3 Å². The van der Waals surface area contributed by atoms with Crippen molar-refractivity contribution in [2.75, 3.05) is 18.1 Å². The molecule has 1 N–H and O–H groups in total. The summed E-state index contributed by atoms with van der Waals surface area (Å²) in [4.78, 5) is 28.2. The Bertz CT molecular complexity index is 1650. The Balaban J connectivity index is 1.38. The number of rotatable bonds is 6. The zero-order valence-electron chi connectivity index (χ0n) is 21.2. The molecule has 2 aliphatic rings. The highest BCUT2D eigenvalue weighted by Crippen LogP contribution is 2.45. The second kappa shape index (κ2) is 11.0. The van der Waals surface area contributed by atoms with Gasteiger partial charge in [0.2, 0.25) is 5.13 Å². The van der Waals surface area contributed by atoms with Crippen molar-refractivity contribution >= 4 is 57.3 Å². The Kier molecular flexibility index (Phi) is 7.22. The van der Waals surface area contributed by atoms with Crippen LogP contribution in [0.1, 0.15) is 28.3 Å². The van der Waals surface area contributed by atoms with E-state index in [-0.39, 0.29) is 16.5 Å². The maximum atomic E-state index is 13.5. The van der Waals surface area contributed by atoms with Crippen LogP contribution in [0.25, 0.3) is 5.76 Å². The predicted octanol–water partition coefficient (Wildman–Crippen LogP) is 6.19. The average molecular weight is 592 g/mol. The van der Waals surface area contributed by atoms with Gasteiger partial charge in [-0.15, -0.1) is 10.2 Å². The van der Waals surface area contributed by atoms with Crippen LogP contribution in [0.5, 0.6) is 11.5 Å². The molecule has 0 radical (unpaired) electrons. The number of ether oxygens (including phenoxy) is 2. The normalized spacial score (nSPS) is 17.9. The van der Waals surface area contributed by atoms with Crippen molar-refractivity contribution in [1.29, 1.82) is 0 Å². The molecule has 8 nitrogen and oxygen atoms in total. The van der Waals surface area contributed by atoms with Crippen molar-refractivity contribution in [2.24, 2.45) is 0 Å². The lowest BCUT2D eigenvalue weighted by Gasteiger charge is -2.23. The number of Topliss-reactive ketones (excluding diaryl/α,β-unsaturated/α-hetero) is 1. The van der Waals surface area contributed by atoms with Gasteiger partial charge in [0.05, 0.1) is 11.6 Å². The molecule has 6 rings (SSSR count). The zero-order chi connectivity index (χ0) is 27.8. The molecule has 202 valence electrons. The summed E-state index contributed by atoms with van der Waals surface area (Å²) < 4.78 is 11.9. The Labute approximate surface area is 243 Å². The van der Waals surface area contributed by atoms with E-state index in [4.69, 9.17) is 21.1 Å². The molecule has 3 heterocycles. The number of hydrogen-bond acceptors (Lipinski definition) is 9. The molecule has 1 aromatic heterocycles. The van der Waals surface area contributed by atoms with Gasteiger partial charge in [0.15, 0.2) is 15.8 Å². The second-order valence-corrected chi connectivity index (χ2v) is 11.8. The summed E-state index contributed by atoms with van der Waals surface area (Å²) in [6, 6.07) is 19.0. The molecule has 0 bridgehead atoms. The van der Waals surface area contributed by atoms with Crippen LogP contribution >= 0.6 is 34.7 Å². The van der Waals surface area contributed by atoms with Crippen LogP contribution in [-0.4, -0.2) is 40.2 Å². The van der Waals surface area contributed by atoms with Crippen LogP contribution in [-0.2, 0) is 15.3 Å². The lowest BCUT2D eigenvalue weighted by atomic mass is 9.95. The molecule has 0 saturated carbocycles. The summed E-state index contributed by atoms with van der Waals surface area (Å²) in [7, 11) is 0. The number of carbonyl (C=O) groups excluding carboxylic acids is 2. The summed E-state index contributed by atoms with van der Waals surface area (Å²) in [5.41, 5.74) is 3.11. The Morgan fingerprint density at radius 2 is 1.82 bits per heavy atom. The molecule has 1 amide bonds. The van der Waals surface area contributed by atoms with Crippen LogP contribution in [0, 0.1) is 6.92 Å². The second-order valence-electron chi connectivity index (χ2n) is 9.21. The molecule has 40 heavy (non-hydrogen) atoms. The molecule has 0 aliphatic carbocycles. The molecular weight excluding hydrogens is 570 g/mol. The SMILES string of the molecule is Cc1ccc(CSc2nnc(N3C(=O)C(=O)/C(=C(/O)c4ccc5c(c4)OCCO5)[C@H]3c3cccc(Cl)c3)s2)cc1. The summed E-state index contributed by atoms with van der Waals surface area (Å²) in [5.74, 6) is -0.310. The Hall–Kier alpha value is -3.86. The summed E-state index contributed by atoms with van der Waals surface area (Å²) in [6.07, 6.45) is 0. The third-order valence-corrected chi connectivity index (χ3v) is 8.87. The number of nitrogens with zero attached hydrogens (tertiary/aromatic N) is 3. The van der Waals surface area contributed by atoms with Crippen molar-refractivity contribution in [1.82, 2.24) is 10.2 Å². The van der Waals surface area contributed by atoms with E-state index in [2.05, 4.69) is 22.3 Å². The highest BCUT2D eigenvalue weighted by Gasteiger charge is 2.48. The minimum Gasteiger partial charge on any atom is -0.507 e. The highest BCUT2D eigenvalue weighted by molar-refractivity contribution is 8.00. The third-order valence-electron chi connectivity index (χ3n) is 6.51. The summed E-state index contributed by atoms with van der Waals surface area (Å²) in [6.45, 7) is 2.82. The number of carbonyl (C=O) groups is 2. The van der Waals surface area contributed by atoms with Crippen molar-refractivity contribution < 1.29 is 24.2 Å². The maximum absolute atomic E-state index is 13.5. The van der Waals surface area contributed by atoms with E-state index in [1.165, 1.54) is 33.6 Å². The van der Waals surface area contributed by atoms with E-state index in [0.29, 0.717) is 51.0 Å². The Morgan fingerprint density at radius 1 is 1.05 bits per heavy atom. The summed E-state index contributed by atoms with van der Waals surface area (Å²) >= 11 is 9.00. The van der Waals surface area contributed by atoms with Crippen molar-refractivity contribution in [3.8, 4) is 11.5 Å². The van der Waals surface area contributed by atoms with Gasteiger partial charge in [-0.1, -0.05) is 76.7 Å². The topological polar surface area (TPSA) is 102 Å². The van der Waals surface area contributed by atoms with Gasteiger partial charge < -0.3 is 14.6 Å². The number of ketones is 1. The number of amides is 1. The molecule has 11 heteroatoms. The minimum atomic E-state index is -0.963. The van der Waals surface area contributed by atoms with E-state index < -0.39 is 17.7 Å². The van der Waals surface area contributed by atoms with Crippen LogP contribution < -0.4 is 14.4 Å². The first-order valence-corrected chi connectivity index (χ1v) is 14.6. The predicted molar refractivity (Wildman–Crippen MR) is 154 cm³/mol. The number of halogens is 1. The van der Waals surface area contributed by atoms with Crippen molar-refractivity contribution in [3.05, 3.63) is 99.6 Å². The number of anilines is 1. The fraction of sp³-hybridized carbons (Fsp3) is 0.172. The van der Waals surface area contributed by atoms with Gasteiger partial charge in [-0.25, -0.2) is 0 Å². The lowest BCUT2D eigenvalue weighted by Crippen LogP contribution is -2.29. The van der Waals surface area contributed by atoms with E-state index in [9.17, 15) is 14.7 Å². The van der Waals surface area contributed by atoms with Gasteiger partial charge >= 0.3 is 5.91 Å². The molecule has 0 spiro atoms. The number of hydrogen-bond donors (Lipinski definition) is 1. The molecule has 0 unspecified atom stereocenters. The summed E-state index contributed by atoms with van der Waals surface area (Å²) in [5, 5.41) is 20.6. The molecular formula is C29H22ClN3O5S2. The smallest absolute Gasteiger partial charge is 0.301 e. The average Bonchev–Trinajstić information content (AvgIpc) is 3.54. The first-order chi connectivity index (χ1) is 19.4. The van der Waals surface area contributed by atoms with Crippen molar-refractivity contribution in [2.45, 2.75) is 23.1 Å². The standard InChI is InChI=1S/C29H22ClN3O5S2/c1-16-5-7-17(8-6-16)15-39-29-32-31-28(40-29)33-24(18-3-2-4-20(30)13-18)23(26(35)27(33)36)25(34)19-9-10-21-22(14-19)38-12-11-37-21/h2-10,13-14,24,34H,11-12,15H2,1H3/b25-23+/t24-/m1/s1. The Morgan fingerprint density at radius 3 is 2.60 bits per heavy atom. The van der Waals surface area contributed by atoms with E-state index >= 15 is 0 Å². The quantitative estimate of drug-likeness (QED) is 0.0931. The minimum absolute atomic E-state index is 0.0759. The largest absolute Gasteiger partial charge is 0.507 e. The van der Waals surface area contributed by atoms with Gasteiger partial charge in [-0.3, -0.25) is 14.5 Å². The zero-order valence-corrected chi connectivity index (χ0v) is 23.6. The highest BCUT2D eigenvalue weighted by atomic mass is 35.5. The maximum Gasteiger partial charge on any atom is 0.301 e. The van der Waals surface area contributed by atoms with Gasteiger partial charge in [0.25, 0.3) is 5.78 Å². The number of benzene rings is 3. The third kappa shape index (κ3) is 5.05. The van der Waals surface area contributed by atoms with Gasteiger partial charge in [-0.2, -0.15) is 0 Å². The van der Waals surface area contributed by atoms with Crippen LogP contribution in [0.2, 0.25) is 5.02 Å². The fourth-order valence-electron chi connectivity index (χ4n) is 4.56. The molecule has 1 atom stereocenters. The molecule has 3 aromatic carbocycles. The van der Waals surface area contributed by atoms with E-state index in [1.807, 2.05) is 19.1 Å². The van der Waals surface area contributed by atoms with E-state index in [1.54, 1.807) is 42.5 Å². The van der Waals surface area contributed by atoms with Crippen LogP contribution in [0.4, 0.5) is 5.13 Å². The van der Waals surface area contributed by atoms with Crippen LogP contribution in [0.15, 0.2) is 76.6 Å². The van der Waals surface area contributed by atoms with Gasteiger partial charge in [0.1, 0.15) is 19.0 Å². The molecule has 4 aromatic rings. The lowest BCUT2D eigenvalue weighted by molar-refractivity contribution is -0.132. The number of aromatic nitrogens is 2. The number of aryl methyl sites for hydroxylation is 1. The first-order valence-electron chi connectivity index (χ1n) is 12.4. The molecule has 1 fully saturated rings. The molecule has 2 aliphatic heterocycles. The van der Waals surface area contributed by atoms with E-state index in [0.717, 1.165) is 5.56 Å². The molecule has 1 saturated heterocycles. The van der Waals surface area contributed by atoms with Crippen molar-refractivity contribution in [3.63, 3.8) is 0 Å². The number of aliphatic hydroxyl groups excluding tert-OH is 1. The van der Waals surface area contributed by atoms with Crippen LogP contribution in [0.3, 0.4) is 0 Å². The number of aliphatic hydroxyl groups is 1. The fourth-order valence-corrected chi connectivity index (χ4v) is 6.58. The van der Waals surface area contributed by atoms with Gasteiger partial charge in [-0.05, 0) is 48.4 Å². The first kappa shape index (κ1) is 26.4.